The first-order valence-electron chi connectivity index (χ1n) is 15.4. The molecule has 1 saturated carbocycles. The number of methoxy groups -OCH3 is 1. The fraction of sp³-hybridized carbons (Fsp3) is 0.545. The monoisotopic (exact) mass is 626 g/mol. The van der Waals surface area contributed by atoms with E-state index in [0.717, 1.165) is 49.4 Å². The van der Waals surface area contributed by atoms with Crippen LogP contribution in [-0.4, -0.2) is 60.4 Å². The molecule has 2 fully saturated rings. The van der Waals surface area contributed by atoms with Crippen LogP contribution in [0.3, 0.4) is 0 Å². The van der Waals surface area contributed by atoms with Gasteiger partial charge >= 0.3 is 0 Å². The molecule has 0 aromatic heterocycles. The van der Waals surface area contributed by atoms with Gasteiger partial charge in [0.1, 0.15) is 5.75 Å². The molecular formula is C33H39ClN2O6S. The number of hydrogen-bond acceptors (Lipinski definition) is 7. The number of sulfonamides is 1. The smallest absolute Gasteiger partial charge is 0.264 e. The highest BCUT2D eigenvalue weighted by atomic mass is 35.5. The number of halogens is 1. The third-order valence-corrected chi connectivity index (χ3v) is 12.1. The molecule has 1 unspecified atom stereocenters. The van der Waals surface area contributed by atoms with Crippen molar-refractivity contribution in [2.45, 2.75) is 54.9 Å². The predicted molar refractivity (Wildman–Crippen MR) is 164 cm³/mol. The molecule has 1 amide bonds. The minimum atomic E-state index is -4.11. The number of benzene rings is 2. The molecule has 2 aromatic carbocycles. The number of aryl methyl sites for hydroxylation is 1. The summed E-state index contributed by atoms with van der Waals surface area (Å²) in [5.74, 6) is 0.236. The number of nitrogens with zero attached hydrogens (tertiary/aromatic N) is 1. The lowest BCUT2D eigenvalue weighted by atomic mass is 9.68. The van der Waals surface area contributed by atoms with E-state index in [4.69, 9.17) is 25.8 Å². The van der Waals surface area contributed by atoms with Crippen molar-refractivity contribution in [3.63, 3.8) is 0 Å². The second kappa shape index (κ2) is 11.4. The molecule has 1 spiro atoms. The number of amides is 1. The number of fused-ring (bicyclic) bond motifs is 5. The Bertz CT molecular complexity index is 1550. The van der Waals surface area contributed by atoms with E-state index in [1.807, 2.05) is 6.07 Å². The van der Waals surface area contributed by atoms with Crippen molar-refractivity contribution < 1.29 is 27.4 Å². The van der Waals surface area contributed by atoms with Gasteiger partial charge in [-0.25, -0.2) is 13.1 Å². The average molecular weight is 627 g/mol. The molecule has 43 heavy (non-hydrogen) atoms. The summed E-state index contributed by atoms with van der Waals surface area (Å²) < 4.78 is 47.7. The van der Waals surface area contributed by atoms with E-state index in [1.54, 1.807) is 25.3 Å². The predicted octanol–water partition coefficient (Wildman–Crippen LogP) is 4.88. The maximum absolute atomic E-state index is 13.6. The average Bonchev–Trinajstić information content (AvgIpc) is 3.39. The first-order chi connectivity index (χ1) is 20.8. The quantitative estimate of drug-likeness (QED) is 0.451. The van der Waals surface area contributed by atoms with Gasteiger partial charge in [0.2, 0.25) is 5.91 Å². The van der Waals surface area contributed by atoms with Crippen molar-refractivity contribution in [2.24, 2.45) is 23.7 Å². The molecule has 0 radical (unpaired) electrons. The van der Waals surface area contributed by atoms with E-state index < -0.39 is 21.8 Å². The summed E-state index contributed by atoms with van der Waals surface area (Å²) in [6, 6.07) is 11.2. The summed E-state index contributed by atoms with van der Waals surface area (Å²) in [5.41, 5.74) is 3.01. The first kappa shape index (κ1) is 29.1. The van der Waals surface area contributed by atoms with Gasteiger partial charge in [-0.05, 0) is 97.7 Å². The highest BCUT2D eigenvalue weighted by Gasteiger charge is 2.45. The Morgan fingerprint density at radius 3 is 2.81 bits per heavy atom. The van der Waals surface area contributed by atoms with Crippen molar-refractivity contribution in [1.82, 2.24) is 4.72 Å². The van der Waals surface area contributed by atoms with Crippen LogP contribution < -0.4 is 14.4 Å². The maximum atomic E-state index is 13.6. The van der Waals surface area contributed by atoms with E-state index in [2.05, 4.69) is 33.9 Å². The third kappa shape index (κ3) is 5.36. The van der Waals surface area contributed by atoms with Crippen LogP contribution in [0.5, 0.6) is 5.75 Å². The summed E-state index contributed by atoms with van der Waals surface area (Å²) in [6.45, 7) is 2.58. The molecule has 5 aliphatic rings. The first-order valence-corrected chi connectivity index (χ1v) is 17.3. The van der Waals surface area contributed by atoms with Crippen LogP contribution in [0, 0.1) is 23.7 Å². The number of allylic oxidation sites excluding steroid dienone is 1. The zero-order valence-electron chi connectivity index (χ0n) is 24.5. The molecule has 3 aliphatic heterocycles. The highest BCUT2D eigenvalue weighted by molar-refractivity contribution is 7.90. The van der Waals surface area contributed by atoms with Crippen molar-refractivity contribution in [2.75, 3.05) is 44.9 Å². The molecule has 8 nitrogen and oxygen atoms in total. The molecule has 230 valence electrons. The fourth-order valence-corrected chi connectivity index (χ4v) is 9.21. The van der Waals surface area contributed by atoms with Gasteiger partial charge in [0.15, 0.2) is 0 Å². The number of carbonyl (C=O) groups excluding carboxylic acids is 1. The second-order valence-corrected chi connectivity index (χ2v) is 15.1. The summed E-state index contributed by atoms with van der Waals surface area (Å²) >= 11 is 6.41. The summed E-state index contributed by atoms with van der Waals surface area (Å²) in [4.78, 5) is 15.7. The van der Waals surface area contributed by atoms with Crippen molar-refractivity contribution in [1.29, 1.82) is 0 Å². The van der Waals surface area contributed by atoms with Gasteiger partial charge < -0.3 is 19.1 Å². The van der Waals surface area contributed by atoms with Gasteiger partial charge in [0.25, 0.3) is 10.0 Å². The van der Waals surface area contributed by atoms with Gasteiger partial charge in [-0.2, -0.15) is 0 Å². The Labute approximate surface area is 258 Å². The van der Waals surface area contributed by atoms with Crippen molar-refractivity contribution in [3.05, 3.63) is 64.7 Å². The Morgan fingerprint density at radius 2 is 2.00 bits per heavy atom. The van der Waals surface area contributed by atoms with Crippen LogP contribution in [0.25, 0.3) is 0 Å². The van der Waals surface area contributed by atoms with Crippen molar-refractivity contribution in [3.8, 4) is 5.75 Å². The zero-order valence-corrected chi connectivity index (χ0v) is 26.0. The van der Waals surface area contributed by atoms with E-state index in [0.29, 0.717) is 43.8 Å². The number of nitrogens with one attached hydrogen (secondary N) is 1. The van der Waals surface area contributed by atoms with Gasteiger partial charge in [-0.3, -0.25) is 4.79 Å². The molecule has 3 heterocycles. The van der Waals surface area contributed by atoms with Gasteiger partial charge in [-0.15, -0.1) is 0 Å². The normalized spacial score (nSPS) is 34.0. The Kier molecular flexibility index (Phi) is 7.73. The van der Waals surface area contributed by atoms with Crippen LogP contribution in [0.2, 0.25) is 5.02 Å². The molecule has 6 atom stereocenters. The van der Waals surface area contributed by atoms with Gasteiger partial charge in [0, 0.05) is 30.6 Å². The molecule has 2 aromatic rings. The van der Waals surface area contributed by atoms with Gasteiger partial charge in [-0.1, -0.05) is 29.8 Å². The minimum Gasteiger partial charge on any atom is -0.490 e. The largest absolute Gasteiger partial charge is 0.490 e. The Hall–Kier alpha value is -2.59. The number of hydrogen-bond donors (Lipinski definition) is 1. The van der Waals surface area contributed by atoms with E-state index in [-0.39, 0.29) is 28.9 Å². The standard InChI is InChI=1S/C33H39ClN2O6S/c1-40-30-6-2-4-23-17-41-18-27(23)32(37)35-43(38,39)25-9-12-31-29(15-25)36(16-22-7-10-26(22)30)19-33(20-42-31)13-3-5-21-14-24(34)8-11-28(21)33/h2,6,8-9,11-12,14-15,22-23,26-27,30H,3-5,7,10,13,16-20H2,1H3,(H,35,37)/b6-2+/t22-,23?,26+,27+,30-,33-/m0/s1. The van der Waals surface area contributed by atoms with Crippen LogP contribution in [-0.2, 0) is 36.1 Å². The molecule has 1 N–H and O–H groups in total. The summed E-state index contributed by atoms with van der Waals surface area (Å²) in [5, 5.41) is 0.738. The summed E-state index contributed by atoms with van der Waals surface area (Å²) in [6.07, 6.45) is 9.95. The number of carbonyl (C=O) groups is 1. The molecular weight excluding hydrogens is 588 g/mol. The van der Waals surface area contributed by atoms with Crippen molar-refractivity contribution >= 4 is 33.2 Å². The zero-order chi connectivity index (χ0) is 29.8. The van der Waals surface area contributed by atoms with Gasteiger partial charge in [0.05, 0.1) is 42.4 Å². The van der Waals surface area contributed by atoms with E-state index >= 15 is 0 Å². The van der Waals surface area contributed by atoms with E-state index in [9.17, 15) is 13.2 Å². The lowest BCUT2D eigenvalue weighted by molar-refractivity contribution is -0.124. The van der Waals surface area contributed by atoms with Crippen LogP contribution in [0.1, 0.15) is 43.2 Å². The van der Waals surface area contributed by atoms with E-state index in [1.165, 1.54) is 11.1 Å². The fourth-order valence-electron chi connectivity index (χ4n) is 7.97. The minimum absolute atomic E-state index is 0.0258. The Morgan fingerprint density at radius 1 is 1.12 bits per heavy atom. The summed E-state index contributed by atoms with van der Waals surface area (Å²) in [7, 11) is -2.34. The lowest BCUT2D eigenvalue weighted by Gasteiger charge is -2.46. The number of rotatable bonds is 1. The highest BCUT2D eigenvalue weighted by Crippen LogP contribution is 2.47. The molecule has 7 rings (SSSR count). The molecule has 10 heteroatoms. The molecule has 2 bridgehead atoms. The topological polar surface area (TPSA) is 94.2 Å². The van der Waals surface area contributed by atoms with Crippen LogP contribution >= 0.6 is 11.6 Å². The second-order valence-electron chi connectivity index (χ2n) is 13.0. The Balaban J connectivity index is 1.31. The molecule has 2 aliphatic carbocycles. The third-order valence-electron chi connectivity index (χ3n) is 10.5. The SMILES string of the molecule is CO[C@H]1/C=C/CC2COC[C@H]2C(=O)NS(=O)(=O)c2ccc3c(c2)N(C[C@@H]2CC[C@H]21)C[C@@]1(CCCc2cc(Cl)ccc21)CO3. The van der Waals surface area contributed by atoms with Crippen LogP contribution in [0.15, 0.2) is 53.4 Å². The lowest BCUT2D eigenvalue weighted by Crippen LogP contribution is -2.49. The van der Waals surface area contributed by atoms with Crippen LogP contribution in [0.4, 0.5) is 5.69 Å². The molecule has 1 saturated heterocycles. The maximum Gasteiger partial charge on any atom is 0.264 e. The number of anilines is 1. The number of ether oxygens (including phenoxy) is 3.